The molecule has 0 aliphatic heterocycles. The quantitative estimate of drug-likeness (QED) is 0.743. The second-order valence-electron chi connectivity index (χ2n) is 4.59. The van der Waals surface area contributed by atoms with Gasteiger partial charge in [0.25, 0.3) is 11.8 Å². The van der Waals surface area contributed by atoms with Crippen molar-refractivity contribution in [2.24, 2.45) is 0 Å². The minimum Gasteiger partial charge on any atom is -0.467 e. The van der Waals surface area contributed by atoms with Crippen LogP contribution in [0, 0.1) is 0 Å². The van der Waals surface area contributed by atoms with Crippen molar-refractivity contribution in [1.29, 1.82) is 0 Å². The summed E-state index contributed by atoms with van der Waals surface area (Å²) in [6.45, 7) is 1.37. The van der Waals surface area contributed by atoms with E-state index in [1.807, 2.05) is 0 Å². The number of hydrogen-bond donors (Lipinski definition) is 2. The molecule has 2 rings (SSSR count). The highest BCUT2D eigenvalue weighted by molar-refractivity contribution is 7.12. The molecule has 7 nitrogen and oxygen atoms in total. The molecule has 0 saturated heterocycles. The predicted octanol–water partition coefficient (Wildman–Crippen LogP) is 1.32. The number of hydrogen-bond acceptors (Lipinski definition) is 6. The van der Waals surface area contributed by atoms with E-state index in [0.29, 0.717) is 10.6 Å². The zero-order chi connectivity index (χ0) is 16.7. The topological polar surface area (TPSA) is 97.6 Å². The summed E-state index contributed by atoms with van der Waals surface area (Å²) < 4.78 is 10.0. The number of amides is 2. The van der Waals surface area contributed by atoms with Gasteiger partial charge in [0.2, 0.25) is 0 Å². The second kappa shape index (κ2) is 8.14. The molecule has 2 amide bonds. The lowest BCUT2D eigenvalue weighted by Crippen LogP contribution is -2.38. The molecule has 122 valence electrons. The van der Waals surface area contributed by atoms with E-state index in [9.17, 15) is 14.4 Å². The Hall–Kier alpha value is -2.61. The number of carbonyl (C=O) groups is 3. The van der Waals surface area contributed by atoms with Gasteiger partial charge in [-0.1, -0.05) is 6.07 Å². The predicted molar refractivity (Wildman–Crippen MR) is 82.8 cm³/mol. The van der Waals surface area contributed by atoms with Gasteiger partial charge < -0.3 is 19.8 Å². The van der Waals surface area contributed by atoms with Crippen molar-refractivity contribution in [2.75, 3.05) is 6.54 Å². The maximum atomic E-state index is 11.8. The summed E-state index contributed by atoms with van der Waals surface area (Å²) in [5, 5.41) is 6.78. The molecule has 2 aromatic rings. The Kier molecular flexibility index (Phi) is 5.93. The molecule has 1 atom stereocenters. The van der Waals surface area contributed by atoms with Gasteiger partial charge in [0.05, 0.1) is 17.7 Å². The average molecular weight is 336 g/mol. The van der Waals surface area contributed by atoms with Crippen molar-refractivity contribution < 1.29 is 23.5 Å². The SMILES string of the molecule is C[C@H](OC(=O)CNC(=O)c1cccs1)C(=O)NCc1ccco1. The van der Waals surface area contributed by atoms with Gasteiger partial charge in [-0.3, -0.25) is 14.4 Å². The summed E-state index contributed by atoms with van der Waals surface area (Å²) in [5.41, 5.74) is 0. The molecule has 0 bridgehead atoms. The van der Waals surface area contributed by atoms with Crippen molar-refractivity contribution in [1.82, 2.24) is 10.6 Å². The summed E-state index contributed by atoms with van der Waals surface area (Å²) >= 11 is 1.27. The molecule has 23 heavy (non-hydrogen) atoms. The molecule has 0 fully saturated rings. The van der Waals surface area contributed by atoms with Crippen LogP contribution in [0.15, 0.2) is 40.3 Å². The van der Waals surface area contributed by atoms with Crippen LogP contribution in [-0.4, -0.2) is 30.4 Å². The standard InChI is InChI=1S/C15H16N2O5S/c1-10(14(19)16-8-11-4-2-6-21-11)22-13(18)9-17-15(20)12-5-3-7-23-12/h2-7,10H,8-9H2,1H3,(H,16,19)(H,17,20)/t10-/m0/s1. The lowest BCUT2D eigenvalue weighted by Gasteiger charge is -2.13. The molecule has 0 unspecified atom stereocenters. The molecular weight excluding hydrogens is 320 g/mol. The summed E-state index contributed by atoms with van der Waals surface area (Å²) in [4.78, 5) is 35.6. The summed E-state index contributed by atoms with van der Waals surface area (Å²) in [6, 6.07) is 6.82. The number of nitrogens with one attached hydrogen (secondary N) is 2. The summed E-state index contributed by atoms with van der Waals surface area (Å²) in [6.07, 6.45) is 0.539. The zero-order valence-electron chi connectivity index (χ0n) is 12.4. The normalized spacial score (nSPS) is 11.5. The molecule has 0 aromatic carbocycles. The molecule has 2 N–H and O–H groups in total. The number of ether oxygens (including phenoxy) is 1. The molecule has 0 radical (unpaired) electrons. The van der Waals surface area contributed by atoms with E-state index in [2.05, 4.69) is 10.6 Å². The Morgan fingerprint density at radius 3 is 2.74 bits per heavy atom. The van der Waals surface area contributed by atoms with E-state index in [-0.39, 0.29) is 19.0 Å². The van der Waals surface area contributed by atoms with E-state index in [4.69, 9.17) is 9.15 Å². The fourth-order valence-corrected chi connectivity index (χ4v) is 2.31. The highest BCUT2D eigenvalue weighted by Crippen LogP contribution is 2.07. The van der Waals surface area contributed by atoms with E-state index in [0.717, 1.165) is 0 Å². The van der Waals surface area contributed by atoms with E-state index in [1.165, 1.54) is 24.5 Å². The van der Waals surface area contributed by atoms with Gasteiger partial charge in [-0.05, 0) is 30.5 Å². The van der Waals surface area contributed by atoms with Crippen LogP contribution in [-0.2, 0) is 20.9 Å². The lowest BCUT2D eigenvalue weighted by atomic mass is 10.3. The van der Waals surface area contributed by atoms with Crippen molar-refractivity contribution >= 4 is 29.1 Å². The Bertz CT molecular complexity index is 651. The van der Waals surface area contributed by atoms with E-state index in [1.54, 1.807) is 29.6 Å². The van der Waals surface area contributed by atoms with Crippen LogP contribution >= 0.6 is 11.3 Å². The molecule has 0 spiro atoms. The molecule has 0 aliphatic rings. The van der Waals surface area contributed by atoms with Crippen molar-refractivity contribution in [3.63, 3.8) is 0 Å². The Labute approximate surface area is 136 Å². The molecule has 8 heteroatoms. The van der Waals surface area contributed by atoms with Gasteiger partial charge in [0.1, 0.15) is 12.3 Å². The first-order valence-corrected chi connectivity index (χ1v) is 7.75. The molecule has 2 aromatic heterocycles. The molecular formula is C15H16N2O5S. The number of carbonyl (C=O) groups excluding carboxylic acids is 3. The number of furan rings is 1. The van der Waals surface area contributed by atoms with Gasteiger partial charge >= 0.3 is 5.97 Å². The first-order chi connectivity index (χ1) is 11.1. The molecule has 0 aliphatic carbocycles. The van der Waals surface area contributed by atoms with Crippen LogP contribution in [0.5, 0.6) is 0 Å². The third kappa shape index (κ3) is 5.26. The average Bonchev–Trinajstić information content (AvgIpc) is 3.22. The maximum absolute atomic E-state index is 11.8. The number of esters is 1. The van der Waals surface area contributed by atoms with Crippen molar-refractivity contribution in [3.8, 4) is 0 Å². The van der Waals surface area contributed by atoms with Gasteiger partial charge in [0.15, 0.2) is 6.10 Å². The fraction of sp³-hybridized carbons (Fsp3) is 0.267. The van der Waals surface area contributed by atoms with Crippen LogP contribution in [0.2, 0.25) is 0 Å². The number of rotatable bonds is 7. The summed E-state index contributed by atoms with van der Waals surface area (Å²) in [5.74, 6) is -0.887. The Morgan fingerprint density at radius 1 is 1.26 bits per heavy atom. The van der Waals surface area contributed by atoms with Crippen LogP contribution in [0.1, 0.15) is 22.4 Å². The van der Waals surface area contributed by atoms with Crippen molar-refractivity contribution in [2.45, 2.75) is 19.6 Å². The van der Waals surface area contributed by atoms with Gasteiger partial charge in [-0.2, -0.15) is 0 Å². The first-order valence-electron chi connectivity index (χ1n) is 6.87. The second-order valence-corrected chi connectivity index (χ2v) is 5.54. The third-order valence-electron chi connectivity index (χ3n) is 2.83. The van der Waals surface area contributed by atoms with Gasteiger partial charge in [-0.15, -0.1) is 11.3 Å². The highest BCUT2D eigenvalue weighted by atomic mass is 32.1. The Morgan fingerprint density at radius 2 is 2.09 bits per heavy atom. The fourth-order valence-electron chi connectivity index (χ4n) is 1.67. The Balaban J connectivity index is 1.69. The van der Waals surface area contributed by atoms with Gasteiger partial charge in [-0.25, -0.2) is 0 Å². The first kappa shape index (κ1) is 16.8. The number of thiophene rings is 1. The van der Waals surface area contributed by atoms with Crippen LogP contribution < -0.4 is 10.6 Å². The van der Waals surface area contributed by atoms with Crippen LogP contribution in [0.3, 0.4) is 0 Å². The van der Waals surface area contributed by atoms with E-state index >= 15 is 0 Å². The monoisotopic (exact) mass is 336 g/mol. The van der Waals surface area contributed by atoms with Crippen molar-refractivity contribution in [3.05, 3.63) is 46.5 Å². The molecule has 2 heterocycles. The van der Waals surface area contributed by atoms with Crippen LogP contribution in [0.4, 0.5) is 0 Å². The van der Waals surface area contributed by atoms with E-state index < -0.39 is 18.0 Å². The minimum absolute atomic E-state index is 0.211. The summed E-state index contributed by atoms with van der Waals surface area (Å²) in [7, 11) is 0. The maximum Gasteiger partial charge on any atom is 0.326 e. The lowest BCUT2D eigenvalue weighted by molar-refractivity contribution is -0.153. The van der Waals surface area contributed by atoms with Gasteiger partial charge in [0, 0.05) is 0 Å². The largest absolute Gasteiger partial charge is 0.467 e. The third-order valence-corrected chi connectivity index (χ3v) is 3.70. The smallest absolute Gasteiger partial charge is 0.326 e. The highest BCUT2D eigenvalue weighted by Gasteiger charge is 2.18. The molecule has 0 saturated carbocycles. The van der Waals surface area contributed by atoms with Crippen LogP contribution in [0.25, 0.3) is 0 Å². The zero-order valence-corrected chi connectivity index (χ0v) is 13.2. The minimum atomic E-state index is -0.962.